The molecule has 0 bridgehead atoms. The third-order valence-electron chi connectivity index (χ3n) is 5.28. The number of nitriles is 1. The maximum Gasteiger partial charge on any atom is 0.245 e. The summed E-state index contributed by atoms with van der Waals surface area (Å²) >= 11 is 0. The molecule has 3 heterocycles. The lowest BCUT2D eigenvalue weighted by molar-refractivity contribution is -0.0891. The first-order chi connectivity index (χ1) is 12.6. The zero-order valence-corrected chi connectivity index (χ0v) is 15.1. The smallest absolute Gasteiger partial charge is 0.245 e. The van der Waals surface area contributed by atoms with Gasteiger partial charge in [0.1, 0.15) is 11.0 Å². The summed E-state index contributed by atoms with van der Waals surface area (Å²) in [5.74, 6) is 0. The van der Waals surface area contributed by atoms with E-state index in [1.54, 1.807) is 6.07 Å². The van der Waals surface area contributed by atoms with Crippen LogP contribution in [-0.2, 0) is 26.8 Å². The van der Waals surface area contributed by atoms with Gasteiger partial charge in [0, 0.05) is 19.3 Å². The Balaban J connectivity index is 1.61. The summed E-state index contributed by atoms with van der Waals surface area (Å²) in [4.78, 5) is 3.86. The molecule has 134 valence electrons. The minimum atomic E-state index is -3.74. The number of hydrogen-bond donors (Lipinski definition) is 0. The van der Waals surface area contributed by atoms with Gasteiger partial charge in [0.25, 0.3) is 0 Å². The average Bonchev–Trinajstić information content (AvgIpc) is 2.69. The fraction of sp³-hybridized carbons (Fsp3) is 0.368. The van der Waals surface area contributed by atoms with E-state index < -0.39 is 15.6 Å². The molecule has 7 heteroatoms. The molecule has 0 atom stereocenters. The van der Waals surface area contributed by atoms with Crippen molar-refractivity contribution in [3.8, 4) is 6.07 Å². The van der Waals surface area contributed by atoms with Crippen LogP contribution in [0.15, 0.2) is 47.5 Å². The number of ether oxygens (including phenoxy) is 1. The molecule has 2 aromatic rings. The van der Waals surface area contributed by atoms with Gasteiger partial charge in [0.05, 0.1) is 12.2 Å². The molecule has 1 saturated heterocycles. The van der Waals surface area contributed by atoms with Crippen LogP contribution in [-0.4, -0.2) is 37.4 Å². The first-order valence-corrected chi connectivity index (χ1v) is 10.1. The van der Waals surface area contributed by atoms with Crippen LogP contribution in [0.25, 0.3) is 0 Å². The van der Waals surface area contributed by atoms with Crippen molar-refractivity contribution in [1.29, 1.82) is 5.26 Å². The highest BCUT2D eigenvalue weighted by molar-refractivity contribution is 7.89. The molecule has 26 heavy (non-hydrogen) atoms. The Kier molecular flexibility index (Phi) is 4.27. The van der Waals surface area contributed by atoms with Gasteiger partial charge >= 0.3 is 0 Å². The Hall–Kier alpha value is -2.27. The SMILES string of the molecule is N#Cc1ncccc1S(=O)(=O)N1CCC2(CC1)OCCc1ccccc12. The highest BCUT2D eigenvalue weighted by atomic mass is 32.2. The lowest BCUT2D eigenvalue weighted by atomic mass is 9.80. The van der Waals surface area contributed by atoms with E-state index in [0.717, 1.165) is 6.42 Å². The normalized spacial score (nSPS) is 19.7. The molecule has 1 aromatic carbocycles. The first kappa shape index (κ1) is 17.2. The van der Waals surface area contributed by atoms with Gasteiger partial charge in [0.2, 0.25) is 10.0 Å². The molecule has 0 unspecified atom stereocenters. The monoisotopic (exact) mass is 369 g/mol. The van der Waals surface area contributed by atoms with Crippen molar-refractivity contribution in [3.05, 3.63) is 59.4 Å². The van der Waals surface area contributed by atoms with Gasteiger partial charge in [-0.2, -0.15) is 9.57 Å². The third kappa shape index (κ3) is 2.71. The zero-order valence-electron chi connectivity index (χ0n) is 14.3. The molecule has 0 amide bonds. The Morgan fingerprint density at radius 1 is 1.15 bits per heavy atom. The van der Waals surface area contributed by atoms with Gasteiger partial charge in [-0.25, -0.2) is 13.4 Å². The number of aromatic nitrogens is 1. The predicted octanol–water partition coefficient (Wildman–Crippen LogP) is 2.21. The lowest BCUT2D eigenvalue weighted by Gasteiger charge is -2.44. The van der Waals surface area contributed by atoms with E-state index in [2.05, 4.69) is 17.1 Å². The fourth-order valence-electron chi connectivity index (χ4n) is 3.94. The van der Waals surface area contributed by atoms with E-state index in [1.807, 2.05) is 18.2 Å². The molecular formula is C19H19N3O3S. The number of pyridine rings is 1. The van der Waals surface area contributed by atoms with Crippen LogP contribution in [0, 0.1) is 11.3 Å². The Bertz CT molecular complexity index is 974. The summed E-state index contributed by atoms with van der Waals surface area (Å²) in [5.41, 5.74) is 2.00. The molecule has 0 radical (unpaired) electrons. The minimum absolute atomic E-state index is 0.0246. The van der Waals surface area contributed by atoms with Crippen molar-refractivity contribution in [2.75, 3.05) is 19.7 Å². The minimum Gasteiger partial charge on any atom is -0.370 e. The molecule has 4 rings (SSSR count). The van der Waals surface area contributed by atoms with Crippen LogP contribution in [0.5, 0.6) is 0 Å². The van der Waals surface area contributed by atoms with E-state index in [-0.39, 0.29) is 10.6 Å². The second-order valence-corrected chi connectivity index (χ2v) is 8.52. The van der Waals surface area contributed by atoms with E-state index >= 15 is 0 Å². The van der Waals surface area contributed by atoms with Crippen molar-refractivity contribution < 1.29 is 13.2 Å². The van der Waals surface area contributed by atoms with Gasteiger partial charge in [-0.1, -0.05) is 24.3 Å². The van der Waals surface area contributed by atoms with Crippen molar-refractivity contribution in [3.63, 3.8) is 0 Å². The summed E-state index contributed by atoms with van der Waals surface area (Å²) in [6, 6.07) is 13.1. The molecule has 0 aliphatic carbocycles. The summed E-state index contributed by atoms with van der Waals surface area (Å²) < 4.78 is 33.6. The summed E-state index contributed by atoms with van der Waals surface area (Å²) in [5, 5.41) is 9.17. The number of sulfonamides is 1. The van der Waals surface area contributed by atoms with E-state index in [4.69, 9.17) is 4.74 Å². The summed E-state index contributed by atoms with van der Waals surface area (Å²) in [7, 11) is -3.74. The van der Waals surface area contributed by atoms with Crippen molar-refractivity contribution in [2.24, 2.45) is 0 Å². The second kappa shape index (κ2) is 6.47. The highest BCUT2D eigenvalue weighted by Gasteiger charge is 2.43. The zero-order chi connectivity index (χ0) is 18.2. The first-order valence-electron chi connectivity index (χ1n) is 8.64. The van der Waals surface area contributed by atoms with E-state index in [1.165, 1.54) is 27.7 Å². The Morgan fingerprint density at radius 3 is 2.69 bits per heavy atom. The predicted molar refractivity (Wildman–Crippen MR) is 94.7 cm³/mol. The van der Waals surface area contributed by atoms with Gasteiger partial charge < -0.3 is 4.74 Å². The van der Waals surface area contributed by atoms with Crippen molar-refractivity contribution in [1.82, 2.24) is 9.29 Å². The van der Waals surface area contributed by atoms with Crippen LogP contribution in [0.4, 0.5) is 0 Å². The van der Waals surface area contributed by atoms with Crippen LogP contribution < -0.4 is 0 Å². The maximum absolute atomic E-state index is 13.0. The number of nitrogens with zero attached hydrogens (tertiary/aromatic N) is 3. The standard InChI is InChI=1S/C19H19N3O3S/c20-14-17-18(6-3-10-21-17)26(23,24)22-11-8-19(9-12-22)16-5-2-1-4-15(16)7-13-25-19/h1-6,10H,7-9,11-13H2. The Labute approximate surface area is 153 Å². The van der Waals surface area contributed by atoms with Crippen molar-refractivity contribution >= 4 is 10.0 Å². The number of hydrogen-bond acceptors (Lipinski definition) is 5. The molecule has 1 fully saturated rings. The number of benzene rings is 1. The molecule has 0 N–H and O–H groups in total. The highest BCUT2D eigenvalue weighted by Crippen LogP contribution is 2.42. The molecule has 0 saturated carbocycles. The van der Waals surface area contributed by atoms with Crippen LogP contribution in [0.1, 0.15) is 29.7 Å². The van der Waals surface area contributed by atoms with E-state index in [0.29, 0.717) is 32.5 Å². The van der Waals surface area contributed by atoms with Crippen LogP contribution >= 0.6 is 0 Å². The molecule has 1 aromatic heterocycles. The second-order valence-electron chi connectivity index (χ2n) is 6.62. The number of piperidine rings is 1. The molecule has 1 spiro atoms. The summed E-state index contributed by atoms with van der Waals surface area (Å²) in [6.45, 7) is 1.37. The quantitative estimate of drug-likeness (QED) is 0.810. The number of rotatable bonds is 2. The lowest BCUT2D eigenvalue weighted by Crippen LogP contribution is -2.48. The van der Waals surface area contributed by atoms with Gasteiger partial charge in [0.15, 0.2) is 5.69 Å². The molecule has 6 nitrogen and oxygen atoms in total. The average molecular weight is 369 g/mol. The van der Waals surface area contributed by atoms with Gasteiger partial charge in [-0.3, -0.25) is 0 Å². The topological polar surface area (TPSA) is 83.3 Å². The van der Waals surface area contributed by atoms with Crippen LogP contribution in [0.2, 0.25) is 0 Å². The fourth-order valence-corrected chi connectivity index (χ4v) is 5.47. The molecule has 2 aliphatic rings. The maximum atomic E-state index is 13.0. The third-order valence-corrected chi connectivity index (χ3v) is 7.21. The van der Waals surface area contributed by atoms with Crippen molar-refractivity contribution in [2.45, 2.75) is 29.8 Å². The van der Waals surface area contributed by atoms with Gasteiger partial charge in [-0.05, 0) is 42.5 Å². The molecular weight excluding hydrogens is 350 g/mol. The largest absolute Gasteiger partial charge is 0.370 e. The summed E-state index contributed by atoms with van der Waals surface area (Å²) in [6.07, 6.45) is 3.52. The Morgan fingerprint density at radius 2 is 1.92 bits per heavy atom. The van der Waals surface area contributed by atoms with E-state index in [9.17, 15) is 13.7 Å². The van der Waals surface area contributed by atoms with Crippen LogP contribution in [0.3, 0.4) is 0 Å². The van der Waals surface area contributed by atoms with Gasteiger partial charge in [-0.15, -0.1) is 0 Å². The number of fused-ring (bicyclic) bond motifs is 2. The molecule has 2 aliphatic heterocycles.